The molecule has 0 spiro atoms. The van der Waals surface area contributed by atoms with E-state index >= 15 is 0 Å². The first-order valence-electron chi connectivity index (χ1n) is 7.02. The van der Waals surface area contributed by atoms with Crippen LogP contribution in [-0.4, -0.2) is 27.1 Å². The Hall–Kier alpha value is -2.05. The van der Waals surface area contributed by atoms with Gasteiger partial charge in [0.25, 0.3) is 0 Å². The van der Waals surface area contributed by atoms with Crippen molar-refractivity contribution in [1.29, 1.82) is 0 Å². The number of nitrogens with one attached hydrogen (secondary N) is 2. The second-order valence-electron chi connectivity index (χ2n) is 5.25. The van der Waals surface area contributed by atoms with Crippen LogP contribution in [0.15, 0.2) is 11.4 Å². The third kappa shape index (κ3) is 3.72. The van der Waals surface area contributed by atoms with Crippen LogP contribution in [0.25, 0.3) is 0 Å². The Balaban J connectivity index is 1.92. The molecule has 7 nitrogen and oxygen atoms in total. The van der Waals surface area contributed by atoms with Crippen LogP contribution in [0.2, 0.25) is 0 Å². The van der Waals surface area contributed by atoms with E-state index in [4.69, 9.17) is 10.9 Å². The Kier molecular flexibility index (Phi) is 4.97. The van der Waals surface area contributed by atoms with Crippen LogP contribution in [0, 0.1) is 5.92 Å². The van der Waals surface area contributed by atoms with Crippen LogP contribution in [0.3, 0.4) is 0 Å². The average Bonchev–Trinajstić information content (AvgIpc) is 2.73. The highest BCUT2D eigenvalue weighted by Crippen LogP contribution is 2.25. The van der Waals surface area contributed by atoms with Gasteiger partial charge in [0.2, 0.25) is 5.91 Å². The molecule has 0 radical (unpaired) electrons. The van der Waals surface area contributed by atoms with E-state index in [1.807, 2.05) is 0 Å². The predicted octanol–water partition coefficient (Wildman–Crippen LogP) is 1.80. The zero-order valence-electron chi connectivity index (χ0n) is 11.4. The number of amidine groups is 1. The van der Waals surface area contributed by atoms with Crippen molar-refractivity contribution in [2.75, 3.05) is 5.32 Å². The van der Waals surface area contributed by atoms with E-state index in [0.29, 0.717) is 23.7 Å². The Labute approximate surface area is 117 Å². The van der Waals surface area contributed by atoms with E-state index in [2.05, 4.69) is 20.7 Å². The van der Waals surface area contributed by atoms with Gasteiger partial charge in [-0.15, -0.1) is 0 Å². The van der Waals surface area contributed by atoms with Gasteiger partial charge in [0.15, 0.2) is 5.84 Å². The summed E-state index contributed by atoms with van der Waals surface area (Å²) >= 11 is 0. The Morgan fingerprint density at radius 3 is 2.80 bits per heavy atom. The number of hydrogen-bond acceptors (Lipinski definition) is 4. The lowest BCUT2D eigenvalue weighted by Gasteiger charge is -2.13. The van der Waals surface area contributed by atoms with Crippen molar-refractivity contribution in [1.82, 2.24) is 10.2 Å². The van der Waals surface area contributed by atoms with Crippen molar-refractivity contribution in [2.24, 2.45) is 16.8 Å². The average molecular weight is 279 g/mol. The van der Waals surface area contributed by atoms with Gasteiger partial charge in [-0.25, -0.2) is 0 Å². The second kappa shape index (κ2) is 6.93. The summed E-state index contributed by atoms with van der Waals surface area (Å²) in [6.45, 7) is 0. The zero-order valence-corrected chi connectivity index (χ0v) is 11.4. The van der Waals surface area contributed by atoms with E-state index in [0.717, 1.165) is 12.8 Å². The van der Waals surface area contributed by atoms with Crippen molar-refractivity contribution in [3.8, 4) is 0 Å². The van der Waals surface area contributed by atoms with Crippen molar-refractivity contribution < 1.29 is 10.0 Å². The summed E-state index contributed by atoms with van der Waals surface area (Å²) in [4.78, 5) is 12.1. The topological polar surface area (TPSA) is 116 Å². The van der Waals surface area contributed by atoms with Gasteiger partial charge in [0, 0.05) is 6.42 Å². The summed E-state index contributed by atoms with van der Waals surface area (Å²) in [7, 11) is 0. The molecule has 1 heterocycles. The summed E-state index contributed by atoms with van der Waals surface area (Å²) in [6.07, 6.45) is 9.10. The van der Waals surface area contributed by atoms with Crippen LogP contribution < -0.4 is 11.1 Å². The summed E-state index contributed by atoms with van der Waals surface area (Å²) < 4.78 is 0. The summed E-state index contributed by atoms with van der Waals surface area (Å²) in [6, 6.07) is 0. The molecule has 0 bridgehead atoms. The standard InChI is InChI=1S/C13H21N5O2/c14-12(18-20)10-8-15-17-13(10)16-11(19)7-9-5-3-1-2-4-6-9/h8-9,20H,1-7H2,(H2,14,18)(H2,15,16,17,19). The highest BCUT2D eigenvalue weighted by molar-refractivity contribution is 6.04. The number of nitrogens with two attached hydrogens (primary N) is 1. The first kappa shape index (κ1) is 14.4. The van der Waals surface area contributed by atoms with Crippen molar-refractivity contribution >= 4 is 17.6 Å². The molecule has 2 rings (SSSR count). The Bertz CT molecular complexity index is 475. The van der Waals surface area contributed by atoms with Gasteiger partial charge >= 0.3 is 0 Å². The normalized spacial score (nSPS) is 17.7. The monoisotopic (exact) mass is 279 g/mol. The lowest BCUT2D eigenvalue weighted by atomic mass is 9.96. The quantitative estimate of drug-likeness (QED) is 0.221. The fraction of sp³-hybridized carbons (Fsp3) is 0.615. The number of oxime groups is 1. The number of hydrogen-bond donors (Lipinski definition) is 4. The molecule has 1 aliphatic carbocycles. The van der Waals surface area contributed by atoms with Gasteiger partial charge in [-0.2, -0.15) is 5.10 Å². The highest BCUT2D eigenvalue weighted by Gasteiger charge is 2.18. The smallest absolute Gasteiger partial charge is 0.225 e. The number of aromatic amines is 1. The molecule has 0 atom stereocenters. The number of carbonyl (C=O) groups excluding carboxylic acids is 1. The maximum Gasteiger partial charge on any atom is 0.225 e. The molecule has 1 saturated carbocycles. The molecule has 110 valence electrons. The van der Waals surface area contributed by atoms with Gasteiger partial charge in [0.05, 0.1) is 11.8 Å². The lowest BCUT2D eigenvalue weighted by Crippen LogP contribution is -2.20. The number of aromatic nitrogens is 2. The third-order valence-electron chi connectivity index (χ3n) is 3.74. The van der Waals surface area contributed by atoms with E-state index in [-0.39, 0.29) is 11.7 Å². The molecule has 1 aromatic rings. The Morgan fingerprint density at radius 1 is 1.45 bits per heavy atom. The number of amides is 1. The van der Waals surface area contributed by atoms with Crippen LogP contribution in [-0.2, 0) is 4.79 Å². The van der Waals surface area contributed by atoms with Crippen LogP contribution >= 0.6 is 0 Å². The van der Waals surface area contributed by atoms with Crippen LogP contribution in [0.5, 0.6) is 0 Å². The van der Waals surface area contributed by atoms with Crippen LogP contribution in [0.4, 0.5) is 5.82 Å². The van der Waals surface area contributed by atoms with Crippen LogP contribution in [0.1, 0.15) is 50.5 Å². The largest absolute Gasteiger partial charge is 0.409 e. The summed E-state index contributed by atoms with van der Waals surface area (Å²) in [5.41, 5.74) is 5.90. The minimum Gasteiger partial charge on any atom is -0.409 e. The first-order chi connectivity index (χ1) is 9.70. The fourth-order valence-corrected chi connectivity index (χ4v) is 2.65. The van der Waals surface area contributed by atoms with Gasteiger partial charge in [-0.05, 0) is 18.8 Å². The van der Waals surface area contributed by atoms with E-state index < -0.39 is 0 Å². The zero-order chi connectivity index (χ0) is 14.4. The molecule has 0 aliphatic heterocycles. The first-order valence-corrected chi connectivity index (χ1v) is 7.02. The van der Waals surface area contributed by atoms with Gasteiger partial charge in [0.1, 0.15) is 5.82 Å². The lowest BCUT2D eigenvalue weighted by molar-refractivity contribution is -0.117. The number of rotatable bonds is 4. The molecule has 0 saturated heterocycles. The SMILES string of the molecule is NC(=NO)c1cn[nH]c1NC(=O)CC1CCCCCC1. The fourth-order valence-electron chi connectivity index (χ4n) is 2.65. The van der Waals surface area contributed by atoms with Gasteiger partial charge < -0.3 is 16.3 Å². The number of nitrogens with zero attached hydrogens (tertiary/aromatic N) is 2. The minimum absolute atomic E-state index is 0.0619. The highest BCUT2D eigenvalue weighted by atomic mass is 16.4. The van der Waals surface area contributed by atoms with Gasteiger partial charge in [-0.1, -0.05) is 30.8 Å². The summed E-state index contributed by atoms with van der Waals surface area (Å²) in [5, 5.41) is 20.8. The predicted molar refractivity (Wildman–Crippen MR) is 75.5 cm³/mol. The number of carbonyl (C=O) groups is 1. The number of H-pyrrole nitrogens is 1. The van der Waals surface area contributed by atoms with E-state index in [1.54, 1.807) is 0 Å². The third-order valence-corrected chi connectivity index (χ3v) is 3.74. The number of anilines is 1. The molecule has 1 aliphatic rings. The molecule has 7 heteroatoms. The molecule has 1 aromatic heterocycles. The molecule has 0 unspecified atom stereocenters. The molecule has 0 aromatic carbocycles. The molecule has 5 N–H and O–H groups in total. The maximum absolute atomic E-state index is 12.1. The van der Waals surface area contributed by atoms with E-state index in [1.165, 1.54) is 31.9 Å². The van der Waals surface area contributed by atoms with Gasteiger partial charge in [-0.3, -0.25) is 9.89 Å². The molecular formula is C13H21N5O2. The Morgan fingerprint density at radius 2 is 2.15 bits per heavy atom. The molecule has 1 amide bonds. The van der Waals surface area contributed by atoms with Crippen molar-refractivity contribution in [3.63, 3.8) is 0 Å². The van der Waals surface area contributed by atoms with E-state index in [9.17, 15) is 4.79 Å². The summed E-state index contributed by atoms with van der Waals surface area (Å²) in [5.74, 6) is 0.684. The second-order valence-corrected chi connectivity index (χ2v) is 5.25. The molecule has 20 heavy (non-hydrogen) atoms. The minimum atomic E-state index is -0.0801. The molecular weight excluding hydrogens is 258 g/mol. The van der Waals surface area contributed by atoms with Crippen molar-refractivity contribution in [3.05, 3.63) is 11.8 Å². The van der Waals surface area contributed by atoms with Crippen molar-refractivity contribution in [2.45, 2.75) is 44.9 Å². The maximum atomic E-state index is 12.1. The molecule has 1 fully saturated rings.